The molecule has 0 saturated carbocycles. The Bertz CT molecular complexity index is 929. The third-order valence-corrected chi connectivity index (χ3v) is 4.84. The van der Waals surface area contributed by atoms with Gasteiger partial charge in [-0.25, -0.2) is 13.2 Å². The summed E-state index contributed by atoms with van der Waals surface area (Å²) < 4.78 is 38.7. The predicted octanol–water partition coefficient (Wildman–Crippen LogP) is -0.843. The number of hydrogen-bond acceptors (Lipinski definition) is 5. The van der Waals surface area contributed by atoms with E-state index >= 15 is 0 Å². The molecular weight excluding hydrogens is 379 g/mol. The predicted molar refractivity (Wildman–Crippen MR) is 87.2 cm³/mol. The average Bonchev–Trinajstić information content (AvgIpc) is 2.54. The minimum atomic E-state index is -4.78. The van der Waals surface area contributed by atoms with Crippen molar-refractivity contribution in [2.24, 2.45) is 0 Å². The van der Waals surface area contributed by atoms with Crippen molar-refractivity contribution in [2.45, 2.75) is 5.37 Å². The van der Waals surface area contributed by atoms with E-state index in [0.717, 1.165) is 21.9 Å². The topological polar surface area (TPSA) is 98.8 Å². The van der Waals surface area contributed by atoms with Gasteiger partial charge in [0, 0.05) is 11.6 Å². The number of urea groups is 1. The third-order valence-electron chi connectivity index (χ3n) is 3.44. The van der Waals surface area contributed by atoms with Gasteiger partial charge >= 0.3 is 35.6 Å². The van der Waals surface area contributed by atoms with Crippen LogP contribution in [0.3, 0.4) is 0 Å². The van der Waals surface area contributed by atoms with E-state index in [4.69, 9.17) is 16.3 Å². The van der Waals surface area contributed by atoms with Crippen LogP contribution in [0.4, 0.5) is 4.79 Å². The van der Waals surface area contributed by atoms with Crippen molar-refractivity contribution in [2.75, 3.05) is 6.73 Å². The summed E-state index contributed by atoms with van der Waals surface area (Å²) in [5, 5.41) is 1.80. The molecule has 0 aromatic heterocycles. The molecule has 126 valence electrons. The zero-order chi connectivity index (χ0) is 17.3. The van der Waals surface area contributed by atoms with Crippen molar-refractivity contribution in [1.82, 2.24) is 10.2 Å². The molecule has 7 nitrogen and oxygen atoms in total. The number of benzene rings is 2. The molecule has 0 radical (unpaired) electrons. The second kappa shape index (κ2) is 7.94. The van der Waals surface area contributed by atoms with Crippen LogP contribution in [0.2, 0.25) is 0 Å². The quantitative estimate of drug-likeness (QED) is 0.542. The van der Waals surface area contributed by atoms with Gasteiger partial charge in [0.1, 0.15) is 15.9 Å². The summed E-state index contributed by atoms with van der Waals surface area (Å²) in [6.45, 7) is -0.193. The summed E-state index contributed by atoms with van der Waals surface area (Å²) >= 11 is 5.77. The van der Waals surface area contributed by atoms with Crippen molar-refractivity contribution < 1.29 is 52.1 Å². The Morgan fingerprint density at radius 2 is 1.88 bits per heavy atom. The molecule has 0 spiro atoms. The minimum absolute atomic E-state index is 0. The minimum Gasteiger partial charge on any atom is -0.746 e. The molecular formula is C15H12ClN2NaO5S. The first kappa shape index (κ1) is 20.0. The first-order valence-corrected chi connectivity index (χ1v) is 8.71. The molecule has 0 fully saturated rings. The maximum Gasteiger partial charge on any atom is 1.00 e. The zero-order valence-electron chi connectivity index (χ0n) is 13.2. The number of amides is 2. The van der Waals surface area contributed by atoms with Crippen LogP contribution in [-0.4, -0.2) is 36.0 Å². The molecule has 1 aliphatic rings. The van der Waals surface area contributed by atoms with Crippen molar-refractivity contribution in [1.29, 1.82) is 0 Å². The van der Waals surface area contributed by atoms with E-state index in [1.165, 1.54) is 0 Å². The molecule has 25 heavy (non-hydrogen) atoms. The molecule has 10 heteroatoms. The average molecular weight is 391 g/mol. The number of halogens is 1. The molecule has 0 saturated heterocycles. The van der Waals surface area contributed by atoms with E-state index in [2.05, 4.69) is 0 Å². The summed E-state index contributed by atoms with van der Waals surface area (Å²) in [5.74, 6) is 0.559. The Morgan fingerprint density at radius 1 is 1.20 bits per heavy atom. The fraction of sp³-hybridized carbons (Fsp3) is 0.133. The Morgan fingerprint density at radius 3 is 2.60 bits per heavy atom. The molecule has 2 amide bonds. The van der Waals surface area contributed by atoms with E-state index in [-0.39, 0.29) is 41.3 Å². The van der Waals surface area contributed by atoms with Crippen LogP contribution in [0, 0.1) is 0 Å². The van der Waals surface area contributed by atoms with Gasteiger partial charge in [-0.1, -0.05) is 48.0 Å². The number of carbonyl (C=O) groups excluding carboxylic acids is 1. The van der Waals surface area contributed by atoms with Crippen LogP contribution in [0.1, 0.15) is 0 Å². The molecule has 1 aliphatic heterocycles. The SMILES string of the molecule is O=C1NC(S(=O)(=O)[O-])C(Cl)=CN1COc1cccc2ccccc12.[Na+]. The Hall–Kier alpha value is -1.29. The third kappa shape index (κ3) is 4.46. The van der Waals surface area contributed by atoms with Crippen LogP contribution < -0.4 is 39.6 Å². The number of nitrogens with one attached hydrogen (secondary N) is 1. The van der Waals surface area contributed by atoms with Crippen LogP contribution in [0.25, 0.3) is 10.8 Å². The summed E-state index contributed by atoms with van der Waals surface area (Å²) in [4.78, 5) is 13.0. The maximum atomic E-state index is 11.9. The van der Waals surface area contributed by atoms with Crippen LogP contribution in [0.5, 0.6) is 5.75 Å². The smallest absolute Gasteiger partial charge is 0.746 e. The van der Waals surface area contributed by atoms with Gasteiger partial charge < -0.3 is 14.6 Å². The largest absolute Gasteiger partial charge is 1.00 e. The normalized spacial score (nSPS) is 17.5. The number of ether oxygens (including phenoxy) is 1. The number of fused-ring (bicyclic) bond motifs is 1. The molecule has 2 aromatic carbocycles. The van der Waals surface area contributed by atoms with Crippen LogP contribution in [0.15, 0.2) is 53.7 Å². The monoisotopic (exact) mass is 390 g/mol. The Kier molecular flexibility index (Phi) is 6.36. The second-order valence-corrected chi connectivity index (χ2v) is 6.95. The summed E-state index contributed by atoms with van der Waals surface area (Å²) in [5.41, 5.74) is 0. The van der Waals surface area contributed by atoms with Crippen molar-refractivity contribution in [3.63, 3.8) is 0 Å². The summed E-state index contributed by atoms with van der Waals surface area (Å²) in [7, 11) is -4.78. The number of carbonyl (C=O) groups is 1. The van der Waals surface area contributed by atoms with Gasteiger partial charge in [0.25, 0.3) is 0 Å². The molecule has 1 atom stereocenters. The maximum absolute atomic E-state index is 11.9. The van der Waals surface area contributed by atoms with Gasteiger partial charge in [0.05, 0.1) is 5.03 Å². The molecule has 1 unspecified atom stereocenters. The zero-order valence-corrected chi connectivity index (χ0v) is 16.8. The van der Waals surface area contributed by atoms with Gasteiger partial charge in [0.2, 0.25) is 0 Å². The first-order valence-electron chi connectivity index (χ1n) is 6.86. The molecule has 3 rings (SSSR count). The number of nitrogens with zero attached hydrogens (tertiary/aromatic N) is 1. The van der Waals surface area contributed by atoms with Crippen molar-refractivity contribution in [3.8, 4) is 5.75 Å². The van der Waals surface area contributed by atoms with E-state index < -0.39 is 21.5 Å². The Labute approximate surface area is 171 Å². The van der Waals surface area contributed by atoms with E-state index in [1.54, 1.807) is 6.07 Å². The van der Waals surface area contributed by atoms with Crippen molar-refractivity contribution in [3.05, 3.63) is 53.7 Å². The summed E-state index contributed by atoms with van der Waals surface area (Å²) in [6.07, 6.45) is 1.08. The van der Waals surface area contributed by atoms with Gasteiger partial charge in [0.15, 0.2) is 12.1 Å². The van der Waals surface area contributed by atoms with Crippen LogP contribution in [-0.2, 0) is 10.1 Å². The Balaban J connectivity index is 0.00000225. The van der Waals surface area contributed by atoms with E-state index in [0.29, 0.717) is 5.75 Å². The van der Waals surface area contributed by atoms with Gasteiger partial charge in [-0.2, -0.15) is 0 Å². The molecule has 0 bridgehead atoms. The molecule has 1 heterocycles. The summed E-state index contributed by atoms with van der Waals surface area (Å²) in [6, 6.07) is 12.3. The number of hydrogen-bond donors (Lipinski definition) is 1. The fourth-order valence-electron chi connectivity index (χ4n) is 2.31. The van der Waals surface area contributed by atoms with Crippen LogP contribution >= 0.6 is 11.6 Å². The standard InChI is InChI=1S/C15H13ClN2O5S.Na/c16-12-8-18(15(19)17-14(12)24(20,21)22)9-23-13-7-3-5-10-4-1-2-6-11(10)13;/h1-8,14H,9H2,(H,17,19)(H,20,21,22);/q;+1/p-1. The van der Waals surface area contributed by atoms with Gasteiger partial charge in [-0.3, -0.25) is 4.90 Å². The van der Waals surface area contributed by atoms with Gasteiger partial charge in [-0.05, 0) is 11.5 Å². The molecule has 0 aliphatic carbocycles. The number of rotatable bonds is 4. The molecule has 1 N–H and O–H groups in total. The molecule has 2 aromatic rings. The fourth-order valence-corrected chi connectivity index (χ4v) is 3.39. The van der Waals surface area contributed by atoms with E-state index in [9.17, 15) is 17.8 Å². The second-order valence-electron chi connectivity index (χ2n) is 5.06. The van der Waals surface area contributed by atoms with E-state index in [1.807, 2.05) is 41.7 Å². The van der Waals surface area contributed by atoms with Gasteiger partial charge in [-0.15, -0.1) is 0 Å². The van der Waals surface area contributed by atoms with Crippen molar-refractivity contribution >= 4 is 38.5 Å². The first-order chi connectivity index (χ1) is 11.4.